The van der Waals surface area contributed by atoms with Crippen LogP contribution >= 0.6 is 0 Å². The Morgan fingerprint density at radius 3 is 2.33 bits per heavy atom. The van der Waals surface area contributed by atoms with Crippen molar-refractivity contribution in [1.82, 2.24) is 9.62 Å². The van der Waals surface area contributed by atoms with Crippen LogP contribution in [0, 0.1) is 0 Å². The van der Waals surface area contributed by atoms with E-state index in [1.807, 2.05) is 0 Å². The molecule has 0 unspecified atom stereocenters. The van der Waals surface area contributed by atoms with E-state index < -0.39 is 16.1 Å². The number of carbonyl (C=O) groups excluding carboxylic acids is 1. The molecule has 0 spiro atoms. The zero-order chi connectivity index (χ0) is 12.1. The highest BCUT2D eigenvalue weighted by atomic mass is 32.2. The van der Waals surface area contributed by atoms with Crippen LogP contribution in [-0.4, -0.2) is 51.3 Å². The number of hydrogen-bond donors (Lipinski definition) is 1. The van der Waals surface area contributed by atoms with Crippen molar-refractivity contribution in [3.63, 3.8) is 0 Å². The van der Waals surface area contributed by atoms with Crippen molar-refractivity contribution in [2.24, 2.45) is 0 Å². The summed E-state index contributed by atoms with van der Waals surface area (Å²) in [4.78, 5) is 10.7. The largest absolute Gasteiger partial charge is 0.453 e. The van der Waals surface area contributed by atoms with Crippen molar-refractivity contribution in [3.05, 3.63) is 0 Å². The fourth-order valence-electron chi connectivity index (χ4n) is 1.15. The summed E-state index contributed by atoms with van der Waals surface area (Å²) in [5.74, 6) is 0. The van der Waals surface area contributed by atoms with Crippen molar-refractivity contribution < 1.29 is 17.9 Å². The molecule has 6 nitrogen and oxygen atoms in total. The van der Waals surface area contributed by atoms with Gasteiger partial charge in [-0.3, -0.25) is 0 Å². The average Bonchev–Trinajstić information content (AvgIpc) is 2.09. The Balaban J connectivity index is 4.17. The second-order valence-electron chi connectivity index (χ2n) is 3.39. The van der Waals surface area contributed by atoms with Crippen LogP contribution in [0.25, 0.3) is 0 Å². The summed E-state index contributed by atoms with van der Waals surface area (Å²) in [6.07, 6.45) is 0.581. The molecule has 7 heteroatoms. The molecule has 0 fully saturated rings. The SMILES string of the molecule is COC(=O)NCCN(C(C)C)S(C)(=O)=O. The van der Waals surface area contributed by atoms with Gasteiger partial charge in [-0.05, 0) is 13.8 Å². The molecule has 15 heavy (non-hydrogen) atoms. The van der Waals surface area contributed by atoms with Crippen LogP contribution in [0.2, 0.25) is 0 Å². The van der Waals surface area contributed by atoms with Gasteiger partial charge >= 0.3 is 6.09 Å². The highest BCUT2D eigenvalue weighted by Gasteiger charge is 2.19. The number of sulfonamides is 1. The molecule has 1 amide bonds. The van der Waals surface area contributed by atoms with E-state index in [1.165, 1.54) is 11.4 Å². The molecule has 0 saturated carbocycles. The summed E-state index contributed by atoms with van der Waals surface area (Å²) in [5.41, 5.74) is 0. The number of alkyl carbamates (subject to hydrolysis) is 1. The third kappa shape index (κ3) is 5.58. The number of ether oxygens (including phenoxy) is 1. The molecular formula is C8H18N2O4S. The molecule has 0 rings (SSSR count). The van der Waals surface area contributed by atoms with Gasteiger partial charge < -0.3 is 10.1 Å². The van der Waals surface area contributed by atoms with E-state index in [9.17, 15) is 13.2 Å². The minimum absolute atomic E-state index is 0.126. The fourth-order valence-corrected chi connectivity index (χ4v) is 2.34. The normalized spacial score (nSPS) is 11.9. The molecule has 90 valence electrons. The van der Waals surface area contributed by atoms with Gasteiger partial charge in [-0.2, -0.15) is 4.31 Å². The summed E-state index contributed by atoms with van der Waals surface area (Å²) in [6.45, 7) is 4.03. The maximum Gasteiger partial charge on any atom is 0.406 e. The van der Waals surface area contributed by atoms with Crippen molar-refractivity contribution in [2.75, 3.05) is 26.5 Å². The molecule has 0 aromatic carbocycles. The summed E-state index contributed by atoms with van der Waals surface area (Å²) in [7, 11) is -1.97. The van der Waals surface area contributed by atoms with Crippen molar-refractivity contribution in [2.45, 2.75) is 19.9 Å². The molecular weight excluding hydrogens is 220 g/mol. The quantitative estimate of drug-likeness (QED) is 0.732. The topological polar surface area (TPSA) is 75.7 Å². The standard InChI is InChI=1S/C8H18N2O4S/c1-7(2)10(15(4,12)13)6-5-9-8(11)14-3/h7H,5-6H2,1-4H3,(H,9,11). The second kappa shape index (κ2) is 5.92. The number of nitrogens with one attached hydrogen (secondary N) is 1. The Hall–Kier alpha value is -0.820. The molecule has 0 radical (unpaired) electrons. The average molecular weight is 238 g/mol. The Morgan fingerprint density at radius 1 is 1.47 bits per heavy atom. The third-order valence-electron chi connectivity index (χ3n) is 1.79. The highest BCUT2D eigenvalue weighted by Crippen LogP contribution is 2.03. The fraction of sp³-hybridized carbons (Fsp3) is 0.875. The molecule has 0 aromatic rings. The van der Waals surface area contributed by atoms with Crippen molar-refractivity contribution in [1.29, 1.82) is 0 Å². The van der Waals surface area contributed by atoms with Crippen LogP contribution in [0.4, 0.5) is 4.79 Å². The summed E-state index contributed by atoms with van der Waals surface area (Å²) in [6, 6.07) is -0.126. The van der Waals surface area contributed by atoms with Crippen molar-refractivity contribution in [3.8, 4) is 0 Å². The number of carbonyl (C=O) groups is 1. The van der Waals surface area contributed by atoms with Crippen LogP contribution < -0.4 is 5.32 Å². The Labute approximate surface area is 90.6 Å². The monoisotopic (exact) mass is 238 g/mol. The van der Waals surface area contributed by atoms with Crippen LogP contribution in [0.1, 0.15) is 13.8 Å². The number of nitrogens with zero attached hydrogens (tertiary/aromatic N) is 1. The summed E-state index contributed by atoms with van der Waals surface area (Å²) in [5, 5.41) is 2.42. The van der Waals surface area contributed by atoms with Gasteiger partial charge in [0.05, 0.1) is 13.4 Å². The van der Waals surface area contributed by atoms with Crippen LogP contribution in [-0.2, 0) is 14.8 Å². The van der Waals surface area contributed by atoms with E-state index in [4.69, 9.17) is 0 Å². The lowest BCUT2D eigenvalue weighted by atomic mass is 10.4. The van der Waals surface area contributed by atoms with Gasteiger partial charge in [0.2, 0.25) is 10.0 Å². The lowest BCUT2D eigenvalue weighted by Crippen LogP contribution is -2.41. The molecule has 0 aliphatic heterocycles. The van der Waals surface area contributed by atoms with E-state index in [2.05, 4.69) is 10.1 Å². The number of rotatable bonds is 5. The Kier molecular flexibility index (Phi) is 5.59. The van der Waals surface area contributed by atoms with E-state index >= 15 is 0 Å². The molecule has 0 atom stereocenters. The van der Waals surface area contributed by atoms with E-state index in [-0.39, 0.29) is 19.1 Å². The third-order valence-corrected chi connectivity index (χ3v) is 3.25. The molecule has 0 aromatic heterocycles. The van der Waals surface area contributed by atoms with E-state index in [1.54, 1.807) is 13.8 Å². The minimum atomic E-state index is -3.23. The number of methoxy groups -OCH3 is 1. The first-order chi connectivity index (χ1) is 6.79. The van der Waals surface area contributed by atoms with Gasteiger partial charge in [0.1, 0.15) is 0 Å². The molecule has 0 aliphatic carbocycles. The lowest BCUT2D eigenvalue weighted by Gasteiger charge is -2.23. The smallest absolute Gasteiger partial charge is 0.406 e. The van der Waals surface area contributed by atoms with Gasteiger partial charge in [-0.15, -0.1) is 0 Å². The first kappa shape index (κ1) is 14.2. The van der Waals surface area contributed by atoms with Crippen LogP contribution in [0.5, 0.6) is 0 Å². The number of amides is 1. The first-order valence-corrected chi connectivity index (χ1v) is 6.42. The van der Waals surface area contributed by atoms with Gasteiger partial charge in [-0.25, -0.2) is 13.2 Å². The van der Waals surface area contributed by atoms with Gasteiger partial charge in [0.25, 0.3) is 0 Å². The maximum atomic E-state index is 11.3. The van der Waals surface area contributed by atoms with Gasteiger partial charge in [0, 0.05) is 19.1 Å². The predicted molar refractivity (Wildman–Crippen MR) is 57.1 cm³/mol. The Morgan fingerprint density at radius 2 is 2.00 bits per heavy atom. The van der Waals surface area contributed by atoms with Crippen LogP contribution in [0.15, 0.2) is 0 Å². The van der Waals surface area contributed by atoms with E-state index in [0.29, 0.717) is 0 Å². The minimum Gasteiger partial charge on any atom is -0.453 e. The molecule has 0 heterocycles. The molecule has 0 aliphatic rings. The molecule has 0 saturated heterocycles. The second-order valence-corrected chi connectivity index (χ2v) is 5.32. The highest BCUT2D eigenvalue weighted by molar-refractivity contribution is 7.88. The van der Waals surface area contributed by atoms with Crippen LogP contribution in [0.3, 0.4) is 0 Å². The number of hydrogen-bond acceptors (Lipinski definition) is 4. The summed E-state index contributed by atoms with van der Waals surface area (Å²) < 4.78 is 28.3. The van der Waals surface area contributed by atoms with E-state index in [0.717, 1.165) is 6.26 Å². The molecule has 1 N–H and O–H groups in total. The lowest BCUT2D eigenvalue weighted by molar-refractivity contribution is 0.170. The van der Waals surface area contributed by atoms with Gasteiger partial charge in [0.15, 0.2) is 0 Å². The zero-order valence-electron chi connectivity index (χ0n) is 9.48. The zero-order valence-corrected chi connectivity index (χ0v) is 10.3. The Bertz CT molecular complexity index is 300. The predicted octanol–water partition coefficient (Wildman–Crippen LogP) is 0.0124. The maximum absolute atomic E-state index is 11.3. The first-order valence-electron chi connectivity index (χ1n) is 4.57. The molecule has 0 bridgehead atoms. The summed E-state index contributed by atoms with van der Waals surface area (Å²) >= 11 is 0. The van der Waals surface area contributed by atoms with Gasteiger partial charge in [-0.1, -0.05) is 0 Å². The van der Waals surface area contributed by atoms with Crippen molar-refractivity contribution >= 4 is 16.1 Å².